The Labute approximate surface area is 185 Å². The van der Waals surface area contributed by atoms with Gasteiger partial charge in [0.05, 0.1) is 17.4 Å². The van der Waals surface area contributed by atoms with Gasteiger partial charge in [-0.05, 0) is 59.7 Å². The first kappa shape index (κ1) is 19.0. The van der Waals surface area contributed by atoms with Gasteiger partial charge in [-0.3, -0.25) is 5.01 Å². The highest BCUT2D eigenvalue weighted by molar-refractivity contribution is 9.10. The number of benzene rings is 3. The predicted octanol–water partition coefficient (Wildman–Crippen LogP) is 7.87. The van der Waals surface area contributed by atoms with Crippen LogP contribution in [0.15, 0.2) is 80.8 Å². The Bertz CT molecular complexity index is 1000. The fraction of sp³-hybridized carbons (Fsp3) is 0.0952. The third-order valence-electron chi connectivity index (χ3n) is 4.50. The van der Waals surface area contributed by atoms with Crippen LogP contribution in [0.5, 0.6) is 0 Å². The second kappa shape index (κ2) is 7.96. The Kier molecular flexibility index (Phi) is 5.60. The molecule has 3 aromatic rings. The van der Waals surface area contributed by atoms with E-state index in [1.807, 2.05) is 41.4 Å². The first-order chi connectivity index (χ1) is 13.0. The summed E-state index contributed by atoms with van der Waals surface area (Å²) in [5, 5.41) is 8.26. The average molecular weight is 525 g/mol. The van der Waals surface area contributed by atoms with Gasteiger partial charge in [0, 0.05) is 25.4 Å². The monoisotopic (exact) mass is 522 g/mol. The maximum atomic E-state index is 6.53. The lowest BCUT2D eigenvalue weighted by atomic mass is 9.98. The molecule has 27 heavy (non-hydrogen) atoms. The normalized spacial score (nSPS) is 16.5. The Balaban J connectivity index is 1.77. The SMILES string of the molecule is Clc1ccc([C@H]2CC(c3ccc(Br)cc3)=NN2c2ccc(Br)cc2)c(Cl)c1. The highest BCUT2D eigenvalue weighted by atomic mass is 79.9. The predicted molar refractivity (Wildman–Crippen MR) is 121 cm³/mol. The molecule has 0 spiro atoms. The van der Waals surface area contributed by atoms with Crippen molar-refractivity contribution in [2.75, 3.05) is 5.01 Å². The molecule has 0 fully saturated rings. The molecule has 1 heterocycles. The zero-order chi connectivity index (χ0) is 19.0. The molecule has 1 aliphatic heterocycles. The molecule has 1 atom stereocenters. The topological polar surface area (TPSA) is 15.6 Å². The molecule has 2 nitrogen and oxygen atoms in total. The third kappa shape index (κ3) is 4.09. The molecular weight excluding hydrogens is 511 g/mol. The molecule has 0 aliphatic carbocycles. The van der Waals surface area contributed by atoms with E-state index in [4.69, 9.17) is 28.3 Å². The van der Waals surface area contributed by atoms with Crippen LogP contribution >= 0.6 is 55.1 Å². The Morgan fingerprint density at radius 1 is 0.852 bits per heavy atom. The first-order valence-electron chi connectivity index (χ1n) is 8.34. The number of halogens is 4. The molecule has 1 aliphatic rings. The Morgan fingerprint density at radius 3 is 2.11 bits per heavy atom. The fourth-order valence-corrected chi connectivity index (χ4v) is 4.24. The van der Waals surface area contributed by atoms with E-state index < -0.39 is 0 Å². The quantitative estimate of drug-likeness (QED) is 0.340. The highest BCUT2D eigenvalue weighted by Crippen LogP contribution is 2.40. The van der Waals surface area contributed by atoms with Gasteiger partial charge < -0.3 is 0 Å². The van der Waals surface area contributed by atoms with Crippen molar-refractivity contribution in [2.24, 2.45) is 5.10 Å². The van der Waals surface area contributed by atoms with Gasteiger partial charge in [0.15, 0.2) is 0 Å². The minimum atomic E-state index is 0.00888. The van der Waals surface area contributed by atoms with Crippen molar-refractivity contribution in [1.29, 1.82) is 0 Å². The number of hydrogen-bond donors (Lipinski definition) is 0. The van der Waals surface area contributed by atoms with E-state index in [-0.39, 0.29) is 6.04 Å². The molecule has 3 aromatic carbocycles. The number of hydrazone groups is 1. The van der Waals surface area contributed by atoms with Gasteiger partial charge in [-0.2, -0.15) is 5.10 Å². The summed E-state index contributed by atoms with van der Waals surface area (Å²) in [4.78, 5) is 0. The number of nitrogens with zero attached hydrogens (tertiary/aromatic N) is 2. The van der Waals surface area contributed by atoms with Gasteiger partial charge in [0.2, 0.25) is 0 Å². The highest BCUT2D eigenvalue weighted by Gasteiger charge is 2.31. The molecule has 0 N–H and O–H groups in total. The third-order valence-corrected chi connectivity index (χ3v) is 6.12. The van der Waals surface area contributed by atoms with E-state index in [1.54, 1.807) is 6.07 Å². The molecule has 0 saturated carbocycles. The van der Waals surface area contributed by atoms with Crippen molar-refractivity contribution in [3.8, 4) is 0 Å². The molecule has 6 heteroatoms. The minimum Gasteiger partial charge on any atom is -0.257 e. The van der Waals surface area contributed by atoms with Crippen LogP contribution in [-0.2, 0) is 0 Å². The van der Waals surface area contributed by atoms with Crippen molar-refractivity contribution in [1.82, 2.24) is 0 Å². The van der Waals surface area contributed by atoms with E-state index in [9.17, 15) is 0 Å². The van der Waals surface area contributed by atoms with Crippen LogP contribution in [0, 0.1) is 0 Å². The van der Waals surface area contributed by atoms with Crippen LogP contribution in [0.3, 0.4) is 0 Å². The van der Waals surface area contributed by atoms with Crippen molar-refractivity contribution in [2.45, 2.75) is 12.5 Å². The summed E-state index contributed by atoms with van der Waals surface area (Å²) in [5.41, 5.74) is 4.16. The molecular formula is C21H14Br2Cl2N2. The van der Waals surface area contributed by atoms with Crippen molar-refractivity contribution >= 4 is 66.5 Å². The van der Waals surface area contributed by atoms with Gasteiger partial charge in [-0.1, -0.05) is 73.3 Å². The van der Waals surface area contributed by atoms with E-state index >= 15 is 0 Å². The second-order valence-electron chi connectivity index (χ2n) is 6.26. The van der Waals surface area contributed by atoms with Crippen LogP contribution in [0.1, 0.15) is 23.6 Å². The van der Waals surface area contributed by atoms with E-state index in [0.717, 1.165) is 37.9 Å². The second-order valence-corrected chi connectivity index (χ2v) is 8.94. The minimum absolute atomic E-state index is 0.00888. The summed E-state index contributed by atoms with van der Waals surface area (Å²) in [5.74, 6) is 0. The molecule has 0 saturated heterocycles. The Hall–Kier alpha value is -1.33. The van der Waals surface area contributed by atoms with Crippen molar-refractivity contribution < 1.29 is 0 Å². The first-order valence-corrected chi connectivity index (χ1v) is 10.7. The zero-order valence-electron chi connectivity index (χ0n) is 14.0. The molecule has 0 bridgehead atoms. The summed E-state index contributed by atoms with van der Waals surface area (Å²) in [6, 6.07) is 22.0. The maximum absolute atomic E-state index is 6.53. The largest absolute Gasteiger partial charge is 0.257 e. The molecule has 0 radical (unpaired) electrons. The van der Waals surface area contributed by atoms with Crippen LogP contribution < -0.4 is 5.01 Å². The molecule has 0 unspecified atom stereocenters. The Morgan fingerprint density at radius 2 is 1.48 bits per heavy atom. The summed E-state index contributed by atoms with van der Waals surface area (Å²) in [6.45, 7) is 0. The van der Waals surface area contributed by atoms with Gasteiger partial charge in [-0.15, -0.1) is 0 Å². The fourth-order valence-electron chi connectivity index (χ4n) is 3.17. The maximum Gasteiger partial charge on any atom is 0.0846 e. The van der Waals surface area contributed by atoms with E-state index in [2.05, 4.69) is 56.1 Å². The molecule has 0 aromatic heterocycles. The standard InChI is InChI=1S/C21H14Br2Cl2N2/c22-14-3-1-13(2-4-14)20-12-21(18-10-7-16(24)11-19(18)25)27(26-20)17-8-5-15(23)6-9-17/h1-11,21H,12H2/t21-/m1/s1. The van der Waals surface area contributed by atoms with Gasteiger partial charge >= 0.3 is 0 Å². The smallest absolute Gasteiger partial charge is 0.0846 e. The summed E-state index contributed by atoms with van der Waals surface area (Å²) in [6.07, 6.45) is 0.763. The lowest BCUT2D eigenvalue weighted by Gasteiger charge is -2.25. The van der Waals surface area contributed by atoms with Gasteiger partial charge in [-0.25, -0.2) is 0 Å². The van der Waals surface area contributed by atoms with Gasteiger partial charge in [0.25, 0.3) is 0 Å². The summed E-state index contributed by atoms with van der Waals surface area (Å²) < 4.78 is 2.08. The number of anilines is 1. The summed E-state index contributed by atoms with van der Waals surface area (Å²) in [7, 11) is 0. The van der Waals surface area contributed by atoms with Crippen molar-refractivity contribution in [3.63, 3.8) is 0 Å². The van der Waals surface area contributed by atoms with Crippen LogP contribution in [-0.4, -0.2) is 5.71 Å². The van der Waals surface area contributed by atoms with E-state index in [0.29, 0.717) is 10.0 Å². The number of rotatable bonds is 3. The zero-order valence-corrected chi connectivity index (χ0v) is 18.7. The summed E-state index contributed by atoms with van der Waals surface area (Å²) >= 11 is 19.6. The van der Waals surface area contributed by atoms with Gasteiger partial charge in [0.1, 0.15) is 0 Å². The van der Waals surface area contributed by atoms with Crippen LogP contribution in [0.4, 0.5) is 5.69 Å². The van der Waals surface area contributed by atoms with Crippen LogP contribution in [0.25, 0.3) is 0 Å². The lowest BCUT2D eigenvalue weighted by molar-refractivity contribution is 0.709. The average Bonchev–Trinajstić information content (AvgIpc) is 3.08. The van der Waals surface area contributed by atoms with Crippen molar-refractivity contribution in [3.05, 3.63) is 96.8 Å². The molecule has 0 amide bonds. The number of hydrogen-bond acceptors (Lipinski definition) is 2. The van der Waals surface area contributed by atoms with Crippen LogP contribution in [0.2, 0.25) is 10.0 Å². The molecule has 4 rings (SSSR count). The lowest BCUT2D eigenvalue weighted by Crippen LogP contribution is -2.18. The molecule has 136 valence electrons. The van der Waals surface area contributed by atoms with E-state index in [1.165, 1.54) is 0 Å².